The summed E-state index contributed by atoms with van der Waals surface area (Å²) in [6.45, 7) is 2.76. The standard InChI is InChI=1S/C10H20N2O2/c1-11(2)9-4-3-6-12(8-9)7-5-10(13)14/h9H,3-8H2,1-2H3,(H,13,14). The second-order valence-corrected chi connectivity index (χ2v) is 4.20. The van der Waals surface area contributed by atoms with E-state index in [1.807, 2.05) is 0 Å². The van der Waals surface area contributed by atoms with Crippen LogP contribution in [0.2, 0.25) is 0 Å². The van der Waals surface area contributed by atoms with Gasteiger partial charge in [0.2, 0.25) is 0 Å². The van der Waals surface area contributed by atoms with Crippen LogP contribution >= 0.6 is 0 Å². The van der Waals surface area contributed by atoms with Gasteiger partial charge in [0.05, 0.1) is 6.42 Å². The second-order valence-electron chi connectivity index (χ2n) is 4.20. The van der Waals surface area contributed by atoms with Gasteiger partial charge in [0, 0.05) is 19.1 Å². The minimum absolute atomic E-state index is 0.264. The van der Waals surface area contributed by atoms with E-state index in [2.05, 4.69) is 23.9 Å². The maximum Gasteiger partial charge on any atom is 0.304 e. The van der Waals surface area contributed by atoms with Gasteiger partial charge in [0.25, 0.3) is 0 Å². The van der Waals surface area contributed by atoms with Crippen LogP contribution in [0.5, 0.6) is 0 Å². The number of carboxylic acid groups (broad SMARTS) is 1. The Morgan fingerprint density at radius 2 is 2.29 bits per heavy atom. The lowest BCUT2D eigenvalue weighted by Gasteiger charge is -2.35. The summed E-state index contributed by atoms with van der Waals surface area (Å²) in [5, 5.41) is 8.58. The van der Waals surface area contributed by atoms with Crippen molar-refractivity contribution in [2.24, 2.45) is 0 Å². The monoisotopic (exact) mass is 200 g/mol. The second kappa shape index (κ2) is 5.32. The highest BCUT2D eigenvalue weighted by molar-refractivity contribution is 5.66. The molecule has 1 atom stereocenters. The first-order chi connectivity index (χ1) is 6.59. The molecule has 0 saturated carbocycles. The Labute approximate surface area is 85.5 Å². The normalized spacial score (nSPS) is 24.1. The molecule has 0 aliphatic carbocycles. The van der Waals surface area contributed by atoms with Gasteiger partial charge in [-0.2, -0.15) is 0 Å². The van der Waals surface area contributed by atoms with Crippen LogP contribution in [-0.2, 0) is 4.79 Å². The Bertz CT molecular complexity index is 195. The number of carboxylic acids is 1. The van der Waals surface area contributed by atoms with E-state index in [4.69, 9.17) is 5.11 Å². The van der Waals surface area contributed by atoms with E-state index < -0.39 is 5.97 Å². The zero-order chi connectivity index (χ0) is 10.6. The molecule has 14 heavy (non-hydrogen) atoms. The van der Waals surface area contributed by atoms with E-state index in [1.165, 1.54) is 12.8 Å². The van der Waals surface area contributed by atoms with Crippen LogP contribution in [0.15, 0.2) is 0 Å². The third-order valence-electron chi connectivity index (χ3n) is 2.85. The highest BCUT2D eigenvalue weighted by Gasteiger charge is 2.21. The number of carbonyl (C=O) groups is 1. The Morgan fingerprint density at radius 3 is 2.86 bits per heavy atom. The van der Waals surface area contributed by atoms with Gasteiger partial charge in [-0.1, -0.05) is 0 Å². The van der Waals surface area contributed by atoms with Crippen LogP contribution in [-0.4, -0.2) is 60.6 Å². The summed E-state index contributed by atoms with van der Waals surface area (Å²) in [4.78, 5) is 14.9. The third kappa shape index (κ3) is 3.64. The molecule has 82 valence electrons. The van der Waals surface area contributed by atoms with Crippen molar-refractivity contribution in [3.63, 3.8) is 0 Å². The summed E-state index contributed by atoms with van der Waals surface area (Å²) in [6, 6.07) is 0.595. The van der Waals surface area contributed by atoms with E-state index in [9.17, 15) is 4.79 Å². The van der Waals surface area contributed by atoms with Crippen molar-refractivity contribution in [3.05, 3.63) is 0 Å². The first kappa shape index (κ1) is 11.5. The Balaban J connectivity index is 2.29. The van der Waals surface area contributed by atoms with Gasteiger partial charge < -0.3 is 14.9 Å². The van der Waals surface area contributed by atoms with Crippen molar-refractivity contribution in [2.45, 2.75) is 25.3 Å². The largest absolute Gasteiger partial charge is 0.481 e. The van der Waals surface area contributed by atoms with Crippen LogP contribution in [0, 0.1) is 0 Å². The zero-order valence-corrected chi connectivity index (χ0v) is 9.07. The molecule has 0 aromatic carbocycles. The maximum atomic E-state index is 10.4. The lowest BCUT2D eigenvalue weighted by Crippen LogP contribution is -2.45. The van der Waals surface area contributed by atoms with Crippen LogP contribution < -0.4 is 0 Å². The molecule has 1 aliphatic rings. The fourth-order valence-corrected chi connectivity index (χ4v) is 1.91. The summed E-state index contributed by atoms with van der Waals surface area (Å²) in [5.41, 5.74) is 0. The average molecular weight is 200 g/mol. The van der Waals surface area contributed by atoms with Gasteiger partial charge in [-0.15, -0.1) is 0 Å². The molecule has 1 N–H and O–H groups in total. The van der Waals surface area contributed by atoms with Crippen LogP contribution in [0.25, 0.3) is 0 Å². The van der Waals surface area contributed by atoms with E-state index in [1.54, 1.807) is 0 Å². The van der Waals surface area contributed by atoms with E-state index in [0.29, 0.717) is 12.6 Å². The quantitative estimate of drug-likeness (QED) is 0.717. The zero-order valence-electron chi connectivity index (χ0n) is 9.07. The van der Waals surface area contributed by atoms with Gasteiger partial charge in [-0.05, 0) is 33.5 Å². The molecule has 0 aromatic rings. The number of rotatable bonds is 4. The summed E-state index contributed by atoms with van der Waals surface area (Å²) < 4.78 is 0. The summed E-state index contributed by atoms with van der Waals surface area (Å²) in [7, 11) is 4.18. The number of nitrogens with zero attached hydrogens (tertiary/aromatic N) is 2. The molecule has 0 bridgehead atoms. The topological polar surface area (TPSA) is 43.8 Å². The molecule has 1 heterocycles. The molecule has 0 aromatic heterocycles. The molecule has 0 radical (unpaired) electrons. The van der Waals surface area contributed by atoms with Gasteiger partial charge in [-0.3, -0.25) is 4.79 Å². The van der Waals surface area contributed by atoms with Crippen LogP contribution in [0.1, 0.15) is 19.3 Å². The van der Waals surface area contributed by atoms with Crippen molar-refractivity contribution in [1.29, 1.82) is 0 Å². The third-order valence-corrected chi connectivity index (χ3v) is 2.85. The molecule has 0 amide bonds. The highest BCUT2D eigenvalue weighted by Crippen LogP contribution is 2.13. The summed E-state index contributed by atoms with van der Waals surface area (Å²) >= 11 is 0. The Hall–Kier alpha value is -0.610. The first-order valence-electron chi connectivity index (χ1n) is 5.20. The maximum absolute atomic E-state index is 10.4. The van der Waals surface area contributed by atoms with Crippen molar-refractivity contribution >= 4 is 5.97 Å². The number of piperidine rings is 1. The number of likely N-dealkylation sites (tertiary alicyclic amines) is 1. The first-order valence-corrected chi connectivity index (χ1v) is 5.20. The van der Waals surface area contributed by atoms with Crippen molar-refractivity contribution in [2.75, 3.05) is 33.7 Å². The number of hydrogen-bond donors (Lipinski definition) is 1. The molecule has 0 spiro atoms. The number of aliphatic carboxylic acids is 1. The lowest BCUT2D eigenvalue weighted by atomic mass is 10.0. The Kier molecular flexibility index (Phi) is 4.35. The van der Waals surface area contributed by atoms with E-state index >= 15 is 0 Å². The molecule has 1 fully saturated rings. The van der Waals surface area contributed by atoms with Gasteiger partial charge in [-0.25, -0.2) is 0 Å². The fraction of sp³-hybridized carbons (Fsp3) is 0.900. The summed E-state index contributed by atoms with van der Waals surface area (Å²) in [5.74, 6) is -0.697. The van der Waals surface area contributed by atoms with Gasteiger partial charge in [0.15, 0.2) is 0 Å². The van der Waals surface area contributed by atoms with Gasteiger partial charge in [0.1, 0.15) is 0 Å². The Morgan fingerprint density at radius 1 is 1.57 bits per heavy atom. The molecule has 4 nitrogen and oxygen atoms in total. The van der Waals surface area contributed by atoms with Crippen molar-refractivity contribution in [3.8, 4) is 0 Å². The van der Waals surface area contributed by atoms with Crippen molar-refractivity contribution < 1.29 is 9.90 Å². The SMILES string of the molecule is CN(C)C1CCCN(CCC(=O)O)C1. The predicted octanol–water partition coefficient (Wildman–Crippen LogP) is 0.487. The molecule has 1 rings (SSSR count). The van der Waals surface area contributed by atoms with E-state index in [-0.39, 0.29) is 6.42 Å². The molecular formula is C10H20N2O2. The molecule has 4 heteroatoms. The lowest BCUT2D eigenvalue weighted by molar-refractivity contribution is -0.137. The van der Waals surface area contributed by atoms with E-state index in [0.717, 1.165) is 13.1 Å². The van der Waals surface area contributed by atoms with Crippen LogP contribution in [0.3, 0.4) is 0 Å². The molecular weight excluding hydrogens is 180 g/mol. The minimum Gasteiger partial charge on any atom is -0.481 e. The molecule has 1 unspecified atom stereocenters. The highest BCUT2D eigenvalue weighted by atomic mass is 16.4. The fourth-order valence-electron chi connectivity index (χ4n) is 1.91. The van der Waals surface area contributed by atoms with Crippen molar-refractivity contribution in [1.82, 2.24) is 9.80 Å². The smallest absolute Gasteiger partial charge is 0.304 e. The predicted molar refractivity (Wildman–Crippen MR) is 55.4 cm³/mol. The number of hydrogen-bond acceptors (Lipinski definition) is 3. The minimum atomic E-state index is -0.697. The van der Waals surface area contributed by atoms with Gasteiger partial charge >= 0.3 is 5.97 Å². The average Bonchev–Trinajstić information content (AvgIpc) is 2.15. The molecule has 1 saturated heterocycles. The summed E-state index contributed by atoms with van der Waals surface area (Å²) in [6.07, 6.45) is 2.68. The number of likely N-dealkylation sites (N-methyl/N-ethyl adjacent to an activating group) is 1. The van der Waals surface area contributed by atoms with Crippen LogP contribution in [0.4, 0.5) is 0 Å². The molecule has 1 aliphatic heterocycles.